The minimum Gasteiger partial charge on any atom is -0.398 e. The van der Waals surface area contributed by atoms with Crippen molar-refractivity contribution < 1.29 is 8.42 Å². The van der Waals surface area contributed by atoms with Crippen LogP contribution >= 0.6 is 0 Å². The monoisotopic (exact) mass is 309 g/mol. The van der Waals surface area contributed by atoms with Crippen LogP contribution < -0.4 is 10.5 Å². The van der Waals surface area contributed by atoms with E-state index < -0.39 is 10.0 Å². The highest BCUT2D eigenvalue weighted by Crippen LogP contribution is 2.29. The number of sulfonamides is 1. The van der Waals surface area contributed by atoms with Crippen molar-refractivity contribution >= 4 is 15.7 Å². The lowest BCUT2D eigenvalue weighted by Crippen LogP contribution is -2.57. The number of benzene rings is 1. The number of nitrogen functional groups attached to an aromatic ring is 1. The molecule has 1 atom stereocenters. The van der Waals surface area contributed by atoms with Gasteiger partial charge in [0.1, 0.15) is 0 Å². The third kappa shape index (κ3) is 2.80. The van der Waals surface area contributed by atoms with Crippen LogP contribution in [0.3, 0.4) is 0 Å². The maximum atomic E-state index is 12.7. The molecule has 1 aromatic carbocycles. The third-order valence-corrected chi connectivity index (χ3v) is 6.41. The summed E-state index contributed by atoms with van der Waals surface area (Å²) >= 11 is 0. The molecule has 0 aliphatic carbocycles. The first-order valence-corrected chi connectivity index (χ1v) is 8.96. The zero-order chi connectivity index (χ0) is 15.2. The Labute approximate surface area is 126 Å². The van der Waals surface area contributed by atoms with E-state index in [1.807, 2.05) is 13.0 Å². The number of nitrogens with zero attached hydrogens (tertiary/aromatic N) is 1. The molecule has 3 heterocycles. The summed E-state index contributed by atoms with van der Waals surface area (Å²) in [5, 5.41) is 0. The predicted octanol–water partition coefficient (Wildman–Crippen LogP) is 1.26. The summed E-state index contributed by atoms with van der Waals surface area (Å²) in [4.78, 5) is 2.65. The molecule has 0 radical (unpaired) electrons. The van der Waals surface area contributed by atoms with Gasteiger partial charge in [0, 0.05) is 18.3 Å². The Morgan fingerprint density at radius 1 is 1.24 bits per heavy atom. The second-order valence-electron chi connectivity index (χ2n) is 6.34. The predicted molar refractivity (Wildman–Crippen MR) is 83.6 cm³/mol. The molecule has 3 saturated heterocycles. The topological polar surface area (TPSA) is 75.4 Å². The van der Waals surface area contributed by atoms with Gasteiger partial charge in [0.2, 0.25) is 10.0 Å². The van der Waals surface area contributed by atoms with Crippen LogP contribution in [0.1, 0.15) is 24.0 Å². The number of aryl methyl sites for hydroxylation is 1. The number of fused-ring (bicyclic) bond motifs is 3. The van der Waals surface area contributed by atoms with Crippen LogP contribution in [0.25, 0.3) is 0 Å². The Morgan fingerprint density at radius 2 is 1.90 bits per heavy atom. The number of anilines is 1. The smallest absolute Gasteiger partial charge is 0.241 e. The molecule has 6 heteroatoms. The first-order chi connectivity index (χ1) is 9.87. The number of hydrogen-bond acceptors (Lipinski definition) is 4. The molecule has 0 aromatic heterocycles. The summed E-state index contributed by atoms with van der Waals surface area (Å²) < 4.78 is 28.3. The maximum Gasteiger partial charge on any atom is 0.241 e. The summed E-state index contributed by atoms with van der Waals surface area (Å²) in [7, 11) is -3.51. The highest BCUT2D eigenvalue weighted by molar-refractivity contribution is 7.89. The van der Waals surface area contributed by atoms with Gasteiger partial charge in [0.15, 0.2) is 0 Å². The fourth-order valence-corrected chi connectivity index (χ4v) is 5.15. The molecule has 0 saturated carbocycles. The lowest BCUT2D eigenvalue weighted by Gasteiger charge is -2.44. The molecule has 0 spiro atoms. The van der Waals surface area contributed by atoms with Crippen LogP contribution in [-0.2, 0) is 10.0 Å². The Balaban J connectivity index is 1.88. The summed E-state index contributed by atoms with van der Waals surface area (Å²) in [6, 6.07) is 3.54. The largest absolute Gasteiger partial charge is 0.398 e. The molecule has 0 amide bonds. The molecule has 5 nitrogen and oxygen atoms in total. The Bertz CT molecular complexity index is 649. The van der Waals surface area contributed by atoms with E-state index in [4.69, 9.17) is 5.73 Å². The van der Waals surface area contributed by atoms with Gasteiger partial charge in [0.25, 0.3) is 0 Å². The van der Waals surface area contributed by atoms with Gasteiger partial charge in [-0.3, -0.25) is 0 Å². The van der Waals surface area contributed by atoms with Gasteiger partial charge < -0.3 is 10.6 Å². The van der Waals surface area contributed by atoms with E-state index in [0.29, 0.717) is 22.1 Å². The molecule has 3 aliphatic heterocycles. The summed E-state index contributed by atoms with van der Waals surface area (Å²) in [6.45, 7) is 6.64. The molecule has 4 rings (SSSR count). The molecular weight excluding hydrogens is 286 g/mol. The van der Waals surface area contributed by atoms with E-state index >= 15 is 0 Å². The van der Waals surface area contributed by atoms with E-state index in [1.165, 1.54) is 0 Å². The molecule has 1 aromatic rings. The number of piperidine rings is 3. The van der Waals surface area contributed by atoms with E-state index in [2.05, 4.69) is 9.62 Å². The molecule has 3 fully saturated rings. The van der Waals surface area contributed by atoms with E-state index in [9.17, 15) is 8.42 Å². The SMILES string of the molecule is Cc1cc(N)c(C)c(S(=O)(=O)NC2CN3CCC2CC3)c1. The lowest BCUT2D eigenvalue weighted by molar-refractivity contribution is 0.0827. The first kappa shape index (κ1) is 14.8. The molecule has 116 valence electrons. The molecule has 21 heavy (non-hydrogen) atoms. The second-order valence-corrected chi connectivity index (χ2v) is 8.03. The van der Waals surface area contributed by atoms with Crippen molar-refractivity contribution in [1.29, 1.82) is 0 Å². The zero-order valence-corrected chi connectivity index (χ0v) is 13.4. The Morgan fingerprint density at radius 3 is 2.48 bits per heavy atom. The van der Waals surface area contributed by atoms with Gasteiger partial charge >= 0.3 is 0 Å². The van der Waals surface area contributed by atoms with Gasteiger partial charge in [-0.25, -0.2) is 13.1 Å². The Kier molecular flexibility index (Phi) is 3.71. The molecule has 1 unspecified atom stereocenters. The molecule has 2 bridgehead atoms. The zero-order valence-electron chi connectivity index (χ0n) is 12.6. The van der Waals surface area contributed by atoms with Crippen molar-refractivity contribution in [3.05, 3.63) is 23.3 Å². The highest BCUT2D eigenvalue weighted by atomic mass is 32.2. The van der Waals surface area contributed by atoms with Crippen LogP contribution in [-0.4, -0.2) is 39.0 Å². The Hall–Kier alpha value is -1.11. The minimum absolute atomic E-state index is 0.0265. The number of nitrogens with one attached hydrogen (secondary N) is 1. The third-order valence-electron chi connectivity index (χ3n) is 4.80. The summed E-state index contributed by atoms with van der Waals surface area (Å²) in [6.07, 6.45) is 2.17. The van der Waals surface area contributed by atoms with Crippen LogP contribution in [0.2, 0.25) is 0 Å². The average molecular weight is 309 g/mol. The molecule has 3 N–H and O–H groups in total. The van der Waals surface area contributed by atoms with Gasteiger partial charge in [-0.15, -0.1) is 0 Å². The number of hydrogen-bond donors (Lipinski definition) is 2. The van der Waals surface area contributed by atoms with Crippen LogP contribution in [0, 0.1) is 19.8 Å². The van der Waals surface area contributed by atoms with Gasteiger partial charge in [-0.05, 0) is 69.0 Å². The lowest BCUT2D eigenvalue weighted by atomic mass is 9.85. The average Bonchev–Trinajstić information content (AvgIpc) is 2.43. The van der Waals surface area contributed by atoms with Gasteiger partial charge in [-0.1, -0.05) is 0 Å². The van der Waals surface area contributed by atoms with E-state index in [0.717, 1.165) is 38.0 Å². The number of rotatable bonds is 3. The van der Waals surface area contributed by atoms with E-state index in [1.54, 1.807) is 13.0 Å². The first-order valence-electron chi connectivity index (χ1n) is 7.48. The summed E-state index contributed by atoms with van der Waals surface area (Å²) in [5.41, 5.74) is 7.94. The van der Waals surface area contributed by atoms with Gasteiger partial charge in [0.05, 0.1) is 4.90 Å². The fraction of sp³-hybridized carbons (Fsp3) is 0.600. The van der Waals surface area contributed by atoms with E-state index in [-0.39, 0.29) is 6.04 Å². The van der Waals surface area contributed by atoms with Crippen molar-refractivity contribution in [3.8, 4) is 0 Å². The van der Waals surface area contributed by atoms with Gasteiger partial charge in [-0.2, -0.15) is 0 Å². The minimum atomic E-state index is -3.51. The normalized spacial score (nSPS) is 28.8. The fourth-order valence-electron chi connectivity index (χ4n) is 3.49. The molecular formula is C15H23N3O2S. The van der Waals surface area contributed by atoms with Crippen LogP contribution in [0.5, 0.6) is 0 Å². The molecule has 3 aliphatic rings. The van der Waals surface area contributed by atoms with Crippen LogP contribution in [0.15, 0.2) is 17.0 Å². The summed E-state index contributed by atoms with van der Waals surface area (Å²) in [5.74, 6) is 0.465. The standard InChI is InChI=1S/C15H23N3O2S/c1-10-7-13(16)11(2)15(8-10)21(19,20)17-14-9-18-5-3-12(14)4-6-18/h7-8,12,14,17H,3-6,9,16H2,1-2H3. The number of nitrogens with two attached hydrogens (primary N) is 1. The van der Waals surface area contributed by atoms with Crippen molar-refractivity contribution in [2.75, 3.05) is 25.4 Å². The quantitative estimate of drug-likeness (QED) is 0.824. The van der Waals surface area contributed by atoms with Crippen LogP contribution in [0.4, 0.5) is 5.69 Å². The van der Waals surface area contributed by atoms with Crippen molar-refractivity contribution in [2.24, 2.45) is 5.92 Å². The van der Waals surface area contributed by atoms with Crippen molar-refractivity contribution in [2.45, 2.75) is 37.6 Å². The van der Waals surface area contributed by atoms with Crippen molar-refractivity contribution in [1.82, 2.24) is 9.62 Å². The maximum absolute atomic E-state index is 12.7. The van der Waals surface area contributed by atoms with Crippen molar-refractivity contribution in [3.63, 3.8) is 0 Å². The highest BCUT2D eigenvalue weighted by Gasteiger charge is 2.36. The second kappa shape index (κ2) is 5.26.